The lowest BCUT2D eigenvalue weighted by atomic mass is 10.00. The molecule has 0 bridgehead atoms. The molecular weight excluding hydrogens is 436 g/mol. The van der Waals surface area contributed by atoms with Gasteiger partial charge in [-0.25, -0.2) is 4.98 Å². The number of aliphatic hydroxyl groups excluding tert-OH is 1. The third-order valence-corrected chi connectivity index (χ3v) is 5.70. The van der Waals surface area contributed by atoms with Crippen molar-refractivity contribution in [3.63, 3.8) is 0 Å². The summed E-state index contributed by atoms with van der Waals surface area (Å²) < 4.78 is 11.1. The van der Waals surface area contributed by atoms with Crippen molar-refractivity contribution in [1.29, 1.82) is 0 Å². The number of carbonyl (C=O) groups excluding carboxylic acids is 2. The highest BCUT2D eigenvalue weighted by atomic mass is 16.5. The van der Waals surface area contributed by atoms with Crippen LogP contribution in [0.25, 0.3) is 0 Å². The van der Waals surface area contributed by atoms with E-state index in [-0.39, 0.29) is 42.4 Å². The largest absolute Gasteiger partial charge is 0.472 e. The summed E-state index contributed by atoms with van der Waals surface area (Å²) >= 11 is 0. The number of ether oxygens (including phenoxy) is 2. The van der Waals surface area contributed by atoms with Crippen LogP contribution in [0.15, 0.2) is 36.8 Å². The van der Waals surface area contributed by atoms with Gasteiger partial charge in [-0.15, -0.1) is 0 Å². The molecule has 9 heteroatoms. The molecule has 2 aromatic heterocycles. The second-order valence-corrected chi connectivity index (χ2v) is 8.39. The Hall–Kier alpha value is -3.48. The Morgan fingerprint density at radius 2 is 2.06 bits per heavy atom. The zero-order valence-corrected chi connectivity index (χ0v) is 19.9. The second-order valence-electron chi connectivity index (χ2n) is 8.39. The van der Waals surface area contributed by atoms with Gasteiger partial charge in [-0.2, -0.15) is 0 Å². The normalized spacial score (nSPS) is 18.5. The van der Waals surface area contributed by atoms with Crippen LogP contribution < -0.4 is 4.74 Å². The van der Waals surface area contributed by atoms with Gasteiger partial charge in [0.15, 0.2) is 0 Å². The van der Waals surface area contributed by atoms with Crippen molar-refractivity contribution in [3.05, 3.63) is 53.5 Å². The van der Waals surface area contributed by atoms with Crippen molar-refractivity contribution in [3.8, 4) is 17.7 Å². The summed E-state index contributed by atoms with van der Waals surface area (Å²) in [4.78, 5) is 37.2. The molecule has 1 N–H and O–H groups in total. The predicted octanol–water partition coefficient (Wildman–Crippen LogP) is 1.20. The van der Waals surface area contributed by atoms with Crippen molar-refractivity contribution >= 4 is 11.8 Å². The van der Waals surface area contributed by atoms with Crippen LogP contribution >= 0.6 is 0 Å². The van der Waals surface area contributed by atoms with Gasteiger partial charge in [-0.1, -0.05) is 18.8 Å². The summed E-state index contributed by atoms with van der Waals surface area (Å²) in [5.74, 6) is 5.65. The van der Waals surface area contributed by atoms with Gasteiger partial charge in [0.05, 0.1) is 19.2 Å². The fraction of sp³-hybridized carbons (Fsp3) is 0.440. The maximum Gasteiger partial charge on any atom is 0.259 e. The van der Waals surface area contributed by atoms with Crippen molar-refractivity contribution < 1.29 is 24.2 Å². The number of aliphatic hydroxyl groups is 1. The summed E-state index contributed by atoms with van der Waals surface area (Å²) in [7, 11) is 3.15. The maximum atomic E-state index is 13.4. The van der Waals surface area contributed by atoms with E-state index in [0.29, 0.717) is 18.7 Å². The zero-order chi connectivity index (χ0) is 24.7. The summed E-state index contributed by atoms with van der Waals surface area (Å²) in [5.41, 5.74) is 1.61. The van der Waals surface area contributed by atoms with Crippen molar-refractivity contribution in [1.82, 2.24) is 19.8 Å². The summed E-state index contributed by atoms with van der Waals surface area (Å²) in [6.07, 6.45) is 4.45. The molecule has 0 unspecified atom stereocenters. The van der Waals surface area contributed by atoms with Gasteiger partial charge in [0, 0.05) is 56.3 Å². The van der Waals surface area contributed by atoms with E-state index in [9.17, 15) is 14.7 Å². The van der Waals surface area contributed by atoms with Crippen LogP contribution in [0.4, 0.5) is 0 Å². The minimum Gasteiger partial charge on any atom is -0.472 e. The zero-order valence-electron chi connectivity index (χ0n) is 19.9. The number of hydrogen-bond acceptors (Lipinski definition) is 7. The quantitative estimate of drug-likeness (QED) is 0.638. The average Bonchev–Trinajstić information content (AvgIpc) is 2.85. The fourth-order valence-corrected chi connectivity index (χ4v) is 3.57. The molecule has 9 nitrogen and oxygen atoms in total. The molecule has 0 aliphatic carbocycles. The van der Waals surface area contributed by atoms with Gasteiger partial charge >= 0.3 is 0 Å². The Morgan fingerprint density at radius 1 is 1.35 bits per heavy atom. The fourth-order valence-electron chi connectivity index (χ4n) is 3.57. The first kappa shape index (κ1) is 25.1. The van der Waals surface area contributed by atoms with E-state index < -0.39 is 12.1 Å². The highest BCUT2D eigenvalue weighted by Crippen LogP contribution is 2.27. The Kier molecular flexibility index (Phi) is 8.57. The van der Waals surface area contributed by atoms with Crippen LogP contribution in [0.1, 0.15) is 35.3 Å². The smallest absolute Gasteiger partial charge is 0.259 e. The molecule has 2 aromatic rings. The second kappa shape index (κ2) is 11.6. The number of hydrogen-bond donors (Lipinski definition) is 1. The number of pyridine rings is 2. The molecule has 3 rings (SSSR count). The molecule has 34 heavy (non-hydrogen) atoms. The van der Waals surface area contributed by atoms with Gasteiger partial charge in [0.25, 0.3) is 5.91 Å². The number of aromatic nitrogens is 2. The molecule has 0 aromatic carbocycles. The van der Waals surface area contributed by atoms with Gasteiger partial charge in [0.1, 0.15) is 18.3 Å². The first-order valence-electron chi connectivity index (χ1n) is 11.1. The number of fused-ring (bicyclic) bond motifs is 1. The molecule has 0 spiro atoms. The van der Waals surface area contributed by atoms with E-state index >= 15 is 0 Å². The van der Waals surface area contributed by atoms with E-state index in [0.717, 1.165) is 5.56 Å². The Morgan fingerprint density at radius 3 is 2.74 bits per heavy atom. The average molecular weight is 467 g/mol. The lowest BCUT2D eigenvalue weighted by molar-refractivity contribution is -0.135. The topological polar surface area (TPSA) is 105 Å². The third kappa shape index (κ3) is 6.10. The number of nitrogens with zero attached hydrogens (tertiary/aromatic N) is 4. The lowest BCUT2D eigenvalue weighted by Gasteiger charge is -2.37. The van der Waals surface area contributed by atoms with Crippen LogP contribution in [0.2, 0.25) is 0 Å². The molecule has 0 saturated carbocycles. The van der Waals surface area contributed by atoms with Gasteiger partial charge in [-0.3, -0.25) is 14.6 Å². The number of rotatable bonds is 6. The number of methoxy groups -OCH3 is 1. The Bertz CT molecular complexity index is 1070. The van der Waals surface area contributed by atoms with E-state index in [2.05, 4.69) is 21.8 Å². The Balaban J connectivity index is 1.96. The molecule has 0 radical (unpaired) electrons. The first-order valence-corrected chi connectivity index (χ1v) is 11.1. The molecule has 3 heterocycles. The highest BCUT2D eigenvalue weighted by Gasteiger charge is 2.34. The molecule has 2 amide bonds. The molecule has 1 aliphatic heterocycles. The molecule has 0 saturated heterocycles. The third-order valence-electron chi connectivity index (χ3n) is 5.70. The van der Waals surface area contributed by atoms with E-state index in [1.807, 2.05) is 6.92 Å². The van der Waals surface area contributed by atoms with Gasteiger partial charge in [0.2, 0.25) is 11.8 Å². The first-order chi connectivity index (χ1) is 16.3. The van der Waals surface area contributed by atoms with Crippen LogP contribution in [0.5, 0.6) is 5.88 Å². The monoisotopic (exact) mass is 466 g/mol. The number of likely N-dealkylation sites (N-methyl/N-ethyl adjacent to an activating group) is 1. The van der Waals surface area contributed by atoms with Gasteiger partial charge in [-0.05, 0) is 25.1 Å². The lowest BCUT2D eigenvalue weighted by Crippen LogP contribution is -2.50. The number of amides is 2. The minimum absolute atomic E-state index is 0.0297. The minimum atomic E-state index is -0.424. The summed E-state index contributed by atoms with van der Waals surface area (Å²) in [5, 5.41) is 9.77. The van der Waals surface area contributed by atoms with E-state index in [1.165, 1.54) is 7.11 Å². The van der Waals surface area contributed by atoms with Crippen LogP contribution in [0.3, 0.4) is 0 Å². The predicted molar refractivity (Wildman–Crippen MR) is 125 cm³/mol. The highest BCUT2D eigenvalue weighted by molar-refractivity contribution is 5.97. The van der Waals surface area contributed by atoms with Crippen molar-refractivity contribution in [2.24, 2.45) is 5.92 Å². The Labute approximate surface area is 199 Å². The summed E-state index contributed by atoms with van der Waals surface area (Å²) in [6.45, 7) is 4.17. The maximum absolute atomic E-state index is 13.4. The SMILES string of the molecule is COCC(=O)N(C)C[C@H]1Oc2ncc(C#Cc3ccncc3)cc2C(=O)N([C@@H](C)CO)C[C@@H]1C. The molecule has 180 valence electrons. The molecular formula is C25H30N4O5. The van der Waals surface area contributed by atoms with Crippen LogP contribution in [-0.2, 0) is 9.53 Å². The molecule has 3 atom stereocenters. The molecule has 1 aliphatic rings. The van der Waals surface area contributed by atoms with Crippen LogP contribution in [-0.4, -0.2) is 89.3 Å². The van der Waals surface area contributed by atoms with Crippen molar-refractivity contribution in [2.75, 3.05) is 40.5 Å². The van der Waals surface area contributed by atoms with E-state index in [1.54, 1.807) is 60.6 Å². The standard InChI is InChI=1S/C25H30N4O5/c1-17-13-29(18(2)15-30)25(32)21-11-20(6-5-19-7-9-26-10-8-19)12-27-24(21)34-22(17)14-28(3)23(31)16-33-4/h7-12,17-18,22,30H,13-16H2,1-4H3/t17-,18-,22+/m0/s1. The van der Waals surface area contributed by atoms with Gasteiger partial charge < -0.3 is 24.4 Å². The number of carbonyl (C=O) groups is 2. The van der Waals surface area contributed by atoms with Crippen molar-refractivity contribution in [2.45, 2.75) is 26.0 Å². The summed E-state index contributed by atoms with van der Waals surface area (Å²) in [6, 6.07) is 4.84. The molecule has 0 fully saturated rings. The van der Waals surface area contributed by atoms with E-state index in [4.69, 9.17) is 9.47 Å². The van der Waals surface area contributed by atoms with Crippen LogP contribution in [0, 0.1) is 17.8 Å².